The molecule has 2 rings (SSSR count). The summed E-state index contributed by atoms with van der Waals surface area (Å²) in [5.41, 5.74) is 0. The molecule has 2 saturated heterocycles. The van der Waals surface area contributed by atoms with Gasteiger partial charge in [-0.25, -0.2) is 0 Å². The summed E-state index contributed by atoms with van der Waals surface area (Å²) >= 11 is 0. The van der Waals surface area contributed by atoms with E-state index in [1.807, 2.05) is 6.41 Å². The topological polar surface area (TPSA) is 32.8 Å². The molecule has 0 spiro atoms. The SMILES string of the molecule is O=[C]N1CCC(N2CCOCC2)C1. The first-order chi connectivity index (χ1) is 6.40. The van der Waals surface area contributed by atoms with E-state index in [0.29, 0.717) is 6.04 Å². The molecular formula is C9H15N2O2. The van der Waals surface area contributed by atoms with Gasteiger partial charge in [0.05, 0.1) is 13.2 Å². The van der Waals surface area contributed by atoms with Gasteiger partial charge in [-0.1, -0.05) is 0 Å². The molecule has 0 aromatic rings. The molecule has 0 aliphatic carbocycles. The summed E-state index contributed by atoms with van der Waals surface area (Å²) in [7, 11) is 0. The van der Waals surface area contributed by atoms with E-state index in [2.05, 4.69) is 4.90 Å². The third-order valence-electron chi connectivity index (χ3n) is 2.85. The molecule has 2 fully saturated rings. The standard InChI is InChI=1S/C9H15N2O2/c12-8-10-2-1-9(7-10)11-3-5-13-6-4-11/h9H,1-7H2. The molecule has 0 N–H and O–H groups in total. The number of hydrogen-bond acceptors (Lipinski definition) is 3. The average molecular weight is 183 g/mol. The van der Waals surface area contributed by atoms with Crippen molar-refractivity contribution in [3.63, 3.8) is 0 Å². The fraction of sp³-hybridized carbons (Fsp3) is 0.889. The summed E-state index contributed by atoms with van der Waals surface area (Å²) < 4.78 is 5.28. The Morgan fingerprint density at radius 3 is 2.62 bits per heavy atom. The largest absolute Gasteiger partial charge is 0.379 e. The number of likely N-dealkylation sites (tertiary alicyclic amines) is 1. The predicted octanol–water partition coefficient (Wildman–Crippen LogP) is -0.540. The Kier molecular flexibility index (Phi) is 2.80. The predicted molar refractivity (Wildman–Crippen MR) is 48.1 cm³/mol. The number of nitrogens with zero attached hydrogens (tertiary/aromatic N) is 2. The van der Waals surface area contributed by atoms with E-state index in [4.69, 9.17) is 4.74 Å². The first-order valence-electron chi connectivity index (χ1n) is 4.84. The van der Waals surface area contributed by atoms with Gasteiger partial charge in [-0.05, 0) is 6.42 Å². The van der Waals surface area contributed by atoms with Crippen LogP contribution in [0.3, 0.4) is 0 Å². The lowest BCUT2D eigenvalue weighted by Crippen LogP contribution is -2.44. The lowest BCUT2D eigenvalue weighted by atomic mass is 10.2. The maximum absolute atomic E-state index is 10.4. The van der Waals surface area contributed by atoms with Crippen molar-refractivity contribution in [2.75, 3.05) is 39.4 Å². The van der Waals surface area contributed by atoms with Crippen LogP contribution in [0.15, 0.2) is 0 Å². The minimum Gasteiger partial charge on any atom is -0.379 e. The van der Waals surface area contributed by atoms with Crippen LogP contribution in [0.4, 0.5) is 0 Å². The molecule has 0 aromatic carbocycles. The van der Waals surface area contributed by atoms with Gasteiger partial charge in [0.1, 0.15) is 0 Å². The summed E-state index contributed by atoms with van der Waals surface area (Å²) in [6.07, 6.45) is 3.05. The van der Waals surface area contributed by atoms with E-state index in [1.54, 1.807) is 4.90 Å². The lowest BCUT2D eigenvalue weighted by molar-refractivity contribution is 0.0195. The number of rotatable bonds is 2. The number of amides is 1. The smallest absolute Gasteiger partial charge is 0.312 e. The number of carbonyl (C=O) groups excluding carboxylic acids is 1. The van der Waals surface area contributed by atoms with Crippen molar-refractivity contribution in [3.8, 4) is 0 Å². The quantitative estimate of drug-likeness (QED) is 0.576. The highest BCUT2D eigenvalue weighted by Crippen LogP contribution is 2.15. The van der Waals surface area contributed by atoms with Crippen LogP contribution >= 0.6 is 0 Å². The average Bonchev–Trinajstić information content (AvgIpc) is 2.67. The Labute approximate surface area is 78.4 Å². The second-order valence-electron chi connectivity index (χ2n) is 3.63. The molecule has 1 amide bonds. The van der Waals surface area contributed by atoms with Gasteiger partial charge in [0, 0.05) is 32.2 Å². The highest BCUT2D eigenvalue weighted by molar-refractivity contribution is 5.48. The van der Waals surface area contributed by atoms with Gasteiger partial charge < -0.3 is 9.64 Å². The van der Waals surface area contributed by atoms with Crippen LogP contribution in [-0.4, -0.2) is 61.6 Å². The van der Waals surface area contributed by atoms with Gasteiger partial charge in [-0.2, -0.15) is 0 Å². The molecule has 1 radical (unpaired) electrons. The van der Waals surface area contributed by atoms with Crippen molar-refractivity contribution in [2.45, 2.75) is 12.5 Å². The molecule has 4 heteroatoms. The van der Waals surface area contributed by atoms with E-state index in [1.165, 1.54) is 0 Å². The molecule has 73 valence electrons. The van der Waals surface area contributed by atoms with E-state index in [9.17, 15) is 4.79 Å². The van der Waals surface area contributed by atoms with E-state index >= 15 is 0 Å². The second-order valence-corrected chi connectivity index (χ2v) is 3.63. The third-order valence-corrected chi connectivity index (χ3v) is 2.85. The minimum atomic E-state index is 0.547. The molecule has 0 bridgehead atoms. The molecular weight excluding hydrogens is 168 g/mol. The molecule has 0 saturated carbocycles. The van der Waals surface area contributed by atoms with Crippen LogP contribution < -0.4 is 0 Å². The molecule has 2 aliphatic heterocycles. The van der Waals surface area contributed by atoms with Crippen LogP contribution in [0, 0.1) is 0 Å². The zero-order valence-corrected chi connectivity index (χ0v) is 7.74. The van der Waals surface area contributed by atoms with Gasteiger partial charge >= 0.3 is 6.41 Å². The van der Waals surface area contributed by atoms with Crippen molar-refractivity contribution in [1.29, 1.82) is 0 Å². The first kappa shape index (κ1) is 8.97. The highest BCUT2D eigenvalue weighted by atomic mass is 16.5. The molecule has 13 heavy (non-hydrogen) atoms. The summed E-state index contributed by atoms with van der Waals surface area (Å²) in [6, 6.07) is 0.547. The summed E-state index contributed by atoms with van der Waals surface area (Å²) in [4.78, 5) is 14.5. The van der Waals surface area contributed by atoms with E-state index in [0.717, 1.165) is 45.8 Å². The monoisotopic (exact) mass is 183 g/mol. The summed E-state index contributed by atoms with van der Waals surface area (Å²) in [6.45, 7) is 5.41. The summed E-state index contributed by atoms with van der Waals surface area (Å²) in [5, 5.41) is 0. The fourth-order valence-electron chi connectivity index (χ4n) is 2.07. The molecule has 0 aromatic heterocycles. The molecule has 1 unspecified atom stereocenters. The minimum absolute atomic E-state index is 0.547. The Hall–Kier alpha value is -0.610. The van der Waals surface area contributed by atoms with Gasteiger partial charge in [-0.3, -0.25) is 9.69 Å². The van der Waals surface area contributed by atoms with Crippen molar-refractivity contribution in [3.05, 3.63) is 0 Å². The number of ether oxygens (including phenoxy) is 1. The van der Waals surface area contributed by atoms with Gasteiger partial charge in [0.2, 0.25) is 0 Å². The zero-order chi connectivity index (χ0) is 9.10. The Morgan fingerprint density at radius 2 is 2.00 bits per heavy atom. The first-order valence-corrected chi connectivity index (χ1v) is 4.84. The molecule has 1 atom stereocenters. The van der Waals surface area contributed by atoms with E-state index < -0.39 is 0 Å². The van der Waals surface area contributed by atoms with Gasteiger partial charge in [-0.15, -0.1) is 0 Å². The second kappa shape index (κ2) is 4.07. The highest BCUT2D eigenvalue weighted by Gasteiger charge is 2.27. The van der Waals surface area contributed by atoms with Crippen molar-refractivity contribution in [1.82, 2.24) is 9.80 Å². The maximum atomic E-state index is 10.4. The molecule has 4 nitrogen and oxygen atoms in total. The van der Waals surface area contributed by atoms with Crippen molar-refractivity contribution in [2.24, 2.45) is 0 Å². The Balaban J connectivity index is 1.83. The maximum Gasteiger partial charge on any atom is 0.312 e. The van der Waals surface area contributed by atoms with Crippen molar-refractivity contribution < 1.29 is 9.53 Å². The van der Waals surface area contributed by atoms with Crippen LogP contribution in [0.5, 0.6) is 0 Å². The Morgan fingerprint density at radius 1 is 1.23 bits per heavy atom. The fourth-order valence-corrected chi connectivity index (χ4v) is 2.07. The van der Waals surface area contributed by atoms with Crippen molar-refractivity contribution >= 4 is 6.41 Å². The zero-order valence-electron chi connectivity index (χ0n) is 7.74. The summed E-state index contributed by atoms with van der Waals surface area (Å²) in [5.74, 6) is 0. The molecule has 2 heterocycles. The molecule has 2 aliphatic rings. The number of morpholine rings is 1. The number of hydrogen-bond donors (Lipinski definition) is 0. The van der Waals surface area contributed by atoms with E-state index in [-0.39, 0.29) is 0 Å². The van der Waals surface area contributed by atoms with Crippen LogP contribution in [0.1, 0.15) is 6.42 Å². The third kappa shape index (κ3) is 2.00. The Bertz CT molecular complexity index is 180. The van der Waals surface area contributed by atoms with Crippen LogP contribution in [0.25, 0.3) is 0 Å². The lowest BCUT2D eigenvalue weighted by Gasteiger charge is -2.31. The normalized spacial score (nSPS) is 30.8. The van der Waals surface area contributed by atoms with Gasteiger partial charge in [0.15, 0.2) is 0 Å². The van der Waals surface area contributed by atoms with Crippen LogP contribution in [-0.2, 0) is 9.53 Å². The van der Waals surface area contributed by atoms with Crippen LogP contribution in [0.2, 0.25) is 0 Å². The van der Waals surface area contributed by atoms with Gasteiger partial charge in [0.25, 0.3) is 0 Å².